The predicted molar refractivity (Wildman–Crippen MR) is 82.3 cm³/mol. The van der Waals surface area contributed by atoms with Crippen LogP contribution in [0.2, 0.25) is 0 Å². The maximum Gasteiger partial charge on any atom is 0.270 e. The molecule has 0 saturated carbocycles. The Labute approximate surface area is 125 Å². The van der Waals surface area contributed by atoms with Gasteiger partial charge in [-0.2, -0.15) is 0 Å². The van der Waals surface area contributed by atoms with Gasteiger partial charge in [0.15, 0.2) is 9.84 Å². The molecule has 6 nitrogen and oxygen atoms in total. The Morgan fingerprint density at radius 3 is 2.62 bits per heavy atom. The lowest BCUT2D eigenvalue weighted by Gasteiger charge is -2.25. The molecule has 2 rings (SSSR count). The number of carbonyl (C=O) groups excluding carboxylic acids is 1. The number of rotatable bonds is 4. The Kier molecular flexibility index (Phi) is 4.51. The van der Waals surface area contributed by atoms with Gasteiger partial charge in [0.25, 0.3) is 5.91 Å². The van der Waals surface area contributed by atoms with Crippen LogP contribution in [0, 0.1) is 0 Å². The number of carbonyl (C=O) groups is 1. The largest absolute Gasteiger partial charge is 0.369 e. The Bertz CT molecular complexity index is 611. The molecule has 1 atom stereocenters. The molecule has 1 aromatic rings. The molecule has 0 radical (unpaired) electrons. The summed E-state index contributed by atoms with van der Waals surface area (Å²) in [6.45, 7) is 3.78. The first-order valence-corrected chi connectivity index (χ1v) is 8.81. The summed E-state index contributed by atoms with van der Waals surface area (Å²) in [5, 5.41) is 2.78. The Balaban J connectivity index is 2.07. The molecule has 1 unspecified atom stereocenters. The first-order valence-electron chi connectivity index (χ1n) is 6.98. The van der Waals surface area contributed by atoms with Gasteiger partial charge in [-0.25, -0.2) is 13.4 Å². The first-order chi connectivity index (χ1) is 9.78. The number of sulfone groups is 1. The summed E-state index contributed by atoms with van der Waals surface area (Å²) in [7, 11) is -1.05. The van der Waals surface area contributed by atoms with Crippen molar-refractivity contribution in [3.05, 3.63) is 24.0 Å². The fourth-order valence-electron chi connectivity index (χ4n) is 2.36. The lowest BCUT2D eigenvalue weighted by Crippen LogP contribution is -2.33. The standard InChI is InChI=1S/C14H21N3O3S/c1-10(2)16-14(18)13-5-4-11(8-15-13)17(3)12-6-7-21(19,20)9-12/h4-5,8,10,12H,6-7,9H2,1-3H3,(H,16,18). The molecule has 0 bridgehead atoms. The van der Waals surface area contributed by atoms with Gasteiger partial charge in [-0.15, -0.1) is 0 Å². The SMILES string of the molecule is CC(C)NC(=O)c1ccc(N(C)C2CCS(=O)(=O)C2)cn1. The van der Waals surface area contributed by atoms with Crippen LogP contribution in [0.4, 0.5) is 5.69 Å². The zero-order valence-corrected chi connectivity index (χ0v) is 13.4. The van der Waals surface area contributed by atoms with E-state index in [1.807, 2.05) is 25.8 Å². The van der Waals surface area contributed by atoms with E-state index in [0.29, 0.717) is 12.1 Å². The van der Waals surface area contributed by atoms with Crippen molar-refractivity contribution in [1.82, 2.24) is 10.3 Å². The highest BCUT2D eigenvalue weighted by Gasteiger charge is 2.30. The first kappa shape index (κ1) is 15.8. The molecule has 0 aliphatic carbocycles. The fraction of sp³-hybridized carbons (Fsp3) is 0.571. The van der Waals surface area contributed by atoms with E-state index in [9.17, 15) is 13.2 Å². The van der Waals surface area contributed by atoms with Gasteiger partial charge in [-0.3, -0.25) is 4.79 Å². The topological polar surface area (TPSA) is 79.4 Å². The molecule has 1 aromatic heterocycles. The Morgan fingerprint density at radius 2 is 2.14 bits per heavy atom. The van der Waals surface area contributed by atoms with Crippen LogP contribution in [0.25, 0.3) is 0 Å². The van der Waals surface area contributed by atoms with Crippen LogP contribution < -0.4 is 10.2 Å². The number of anilines is 1. The van der Waals surface area contributed by atoms with E-state index in [2.05, 4.69) is 10.3 Å². The molecular formula is C14H21N3O3S. The summed E-state index contributed by atoms with van der Waals surface area (Å²) in [6.07, 6.45) is 2.24. The summed E-state index contributed by atoms with van der Waals surface area (Å²) in [5.41, 5.74) is 1.18. The van der Waals surface area contributed by atoms with Crippen molar-refractivity contribution >= 4 is 21.4 Å². The van der Waals surface area contributed by atoms with E-state index in [-0.39, 0.29) is 29.5 Å². The van der Waals surface area contributed by atoms with E-state index in [0.717, 1.165) is 5.69 Å². The minimum absolute atomic E-state index is 0.0212. The fourth-order valence-corrected chi connectivity index (χ4v) is 4.13. The summed E-state index contributed by atoms with van der Waals surface area (Å²) < 4.78 is 23.1. The van der Waals surface area contributed by atoms with Crippen molar-refractivity contribution in [2.45, 2.75) is 32.4 Å². The van der Waals surface area contributed by atoms with Gasteiger partial charge in [-0.1, -0.05) is 0 Å². The zero-order valence-electron chi connectivity index (χ0n) is 12.5. The van der Waals surface area contributed by atoms with Crippen LogP contribution in [0.3, 0.4) is 0 Å². The second-order valence-corrected chi connectivity index (χ2v) is 7.93. The average Bonchev–Trinajstić information content (AvgIpc) is 2.77. The van der Waals surface area contributed by atoms with E-state index in [1.54, 1.807) is 18.3 Å². The summed E-state index contributed by atoms with van der Waals surface area (Å²) in [4.78, 5) is 17.9. The second kappa shape index (κ2) is 6.01. The Hall–Kier alpha value is -1.63. The summed E-state index contributed by atoms with van der Waals surface area (Å²) >= 11 is 0. The highest BCUT2D eigenvalue weighted by molar-refractivity contribution is 7.91. The number of hydrogen-bond acceptors (Lipinski definition) is 5. The normalized spacial score (nSPS) is 20.5. The quantitative estimate of drug-likeness (QED) is 0.891. The van der Waals surface area contributed by atoms with Crippen molar-refractivity contribution in [2.75, 3.05) is 23.5 Å². The van der Waals surface area contributed by atoms with Crippen molar-refractivity contribution in [1.29, 1.82) is 0 Å². The molecule has 1 N–H and O–H groups in total. The van der Waals surface area contributed by atoms with Crippen molar-refractivity contribution in [3.63, 3.8) is 0 Å². The number of nitrogens with zero attached hydrogens (tertiary/aromatic N) is 2. The molecule has 1 amide bonds. The monoisotopic (exact) mass is 311 g/mol. The van der Waals surface area contributed by atoms with Gasteiger partial charge in [-0.05, 0) is 32.4 Å². The number of aromatic nitrogens is 1. The maximum absolute atomic E-state index is 11.8. The molecule has 1 aliphatic heterocycles. The minimum Gasteiger partial charge on any atom is -0.369 e. The van der Waals surface area contributed by atoms with Crippen molar-refractivity contribution in [2.24, 2.45) is 0 Å². The predicted octanol–water partition coefficient (Wildman–Crippen LogP) is 0.843. The van der Waals surface area contributed by atoms with Crippen LogP contribution in [0.15, 0.2) is 18.3 Å². The molecule has 1 saturated heterocycles. The number of hydrogen-bond donors (Lipinski definition) is 1. The van der Waals surface area contributed by atoms with Gasteiger partial charge in [0.1, 0.15) is 5.69 Å². The van der Waals surface area contributed by atoms with Crippen LogP contribution in [0.1, 0.15) is 30.8 Å². The van der Waals surface area contributed by atoms with E-state index < -0.39 is 9.84 Å². The van der Waals surface area contributed by atoms with E-state index in [1.165, 1.54) is 0 Å². The van der Waals surface area contributed by atoms with Gasteiger partial charge in [0.05, 0.1) is 23.4 Å². The number of pyridine rings is 1. The zero-order chi connectivity index (χ0) is 15.6. The smallest absolute Gasteiger partial charge is 0.270 e. The van der Waals surface area contributed by atoms with Crippen LogP contribution in [0.5, 0.6) is 0 Å². The van der Waals surface area contributed by atoms with Crippen LogP contribution in [-0.4, -0.2) is 49.9 Å². The number of amides is 1. The van der Waals surface area contributed by atoms with Gasteiger partial charge in [0, 0.05) is 19.1 Å². The number of nitrogens with one attached hydrogen (secondary N) is 1. The van der Waals surface area contributed by atoms with E-state index >= 15 is 0 Å². The third kappa shape index (κ3) is 3.93. The molecule has 1 aliphatic rings. The summed E-state index contributed by atoms with van der Waals surface area (Å²) in [6, 6.07) is 3.50. The van der Waals surface area contributed by atoms with Gasteiger partial charge < -0.3 is 10.2 Å². The lowest BCUT2D eigenvalue weighted by atomic mass is 10.2. The lowest BCUT2D eigenvalue weighted by molar-refractivity contribution is 0.0938. The van der Waals surface area contributed by atoms with Crippen LogP contribution in [-0.2, 0) is 9.84 Å². The highest BCUT2D eigenvalue weighted by Crippen LogP contribution is 2.22. The van der Waals surface area contributed by atoms with Crippen molar-refractivity contribution in [3.8, 4) is 0 Å². The van der Waals surface area contributed by atoms with E-state index in [4.69, 9.17) is 0 Å². The summed E-state index contributed by atoms with van der Waals surface area (Å²) in [5.74, 6) is 0.214. The van der Waals surface area contributed by atoms with Crippen molar-refractivity contribution < 1.29 is 13.2 Å². The molecule has 7 heteroatoms. The maximum atomic E-state index is 11.8. The third-order valence-electron chi connectivity index (χ3n) is 3.56. The molecule has 2 heterocycles. The van der Waals surface area contributed by atoms with Crippen LogP contribution >= 0.6 is 0 Å². The highest BCUT2D eigenvalue weighted by atomic mass is 32.2. The molecule has 116 valence electrons. The average molecular weight is 311 g/mol. The molecule has 0 aromatic carbocycles. The van der Waals surface area contributed by atoms with Gasteiger partial charge >= 0.3 is 0 Å². The minimum atomic E-state index is -2.91. The molecule has 21 heavy (non-hydrogen) atoms. The molecule has 0 spiro atoms. The molecule has 1 fully saturated rings. The second-order valence-electron chi connectivity index (χ2n) is 5.70. The third-order valence-corrected chi connectivity index (χ3v) is 5.31. The van der Waals surface area contributed by atoms with Gasteiger partial charge in [0.2, 0.25) is 0 Å². The molecular weight excluding hydrogens is 290 g/mol. The Morgan fingerprint density at radius 1 is 1.43 bits per heavy atom.